The van der Waals surface area contributed by atoms with Crippen LogP contribution < -0.4 is 0 Å². The lowest BCUT2D eigenvalue weighted by Crippen LogP contribution is -2.43. The van der Waals surface area contributed by atoms with Gasteiger partial charge >= 0.3 is 0 Å². The Bertz CT molecular complexity index is 592. The lowest BCUT2D eigenvalue weighted by molar-refractivity contribution is 0.248. The first-order chi connectivity index (χ1) is 10.0. The minimum Gasteiger partial charge on any atom is -0.212 e. The van der Waals surface area contributed by atoms with E-state index in [-0.39, 0.29) is 5.75 Å². The van der Waals surface area contributed by atoms with E-state index in [9.17, 15) is 8.42 Å². The molecule has 0 radical (unpaired) electrons. The lowest BCUT2D eigenvalue weighted by Gasteiger charge is -2.36. The Morgan fingerprint density at radius 1 is 1.33 bits per heavy atom. The van der Waals surface area contributed by atoms with E-state index in [0.717, 1.165) is 6.42 Å². The van der Waals surface area contributed by atoms with Crippen LogP contribution in [0.1, 0.15) is 37.7 Å². The number of sulfonamides is 1. The second kappa shape index (κ2) is 7.06. The maximum Gasteiger partial charge on any atom is 0.214 e. The van der Waals surface area contributed by atoms with Crippen LogP contribution in [-0.2, 0) is 10.0 Å². The van der Waals surface area contributed by atoms with E-state index in [0.29, 0.717) is 37.8 Å². The van der Waals surface area contributed by atoms with Crippen molar-refractivity contribution in [3.63, 3.8) is 0 Å². The Hall–Kier alpha value is -1.38. The van der Waals surface area contributed by atoms with Gasteiger partial charge in [0.05, 0.1) is 11.8 Å². The SMILES string of the molecule is C[C@@H]1CN(S(=O)(=O)CCCC#N)CC[C@@H]1c1ccccc1. The first kappa shape index (κ1) is 16.0. The number of benzene rings is 1. The second-order valence-corrected chi connectivity index (χ2v) is 7.81. The molecule has 0 N–H and O–H groups in total. The van der Waals surface area contributed by atoms with E-state index in [1.165, 1.54) is 5.56 Å². The van der Waals surface area contributed by atoms with E-state index in [1.807, 2.05) is 24.3 Å². The first-order valence-electron chi connectivity index (χ1n) is 7.44. The van der Waals surface area contributed by atoms with Crippen LogP contribution in [0.2, 0.25) is 0 Å². The van der Waals surface area contributed by atoms with Crippen LogP contribution in [0.5, 0.6) is 0 Å². The molecule has 0 bridgehead atoms. The molecule has 4 nitrogen and oxygen atoms in total. The van der Waals surface area contributed by atoms with Crippen LogP contribution in [0, 0.1) is 17.2 Å². The van der Waals surface area contributed by atoms with Gasteiger partial charge in [-0.15, -0.1) is 0 Å². The summed E-state index contributed by atoms with van der Waals surface area (Å²) in [5.74, 6) is 0.826. The number of piperidine rings is 1. The summed E-state index contributed by atoms with van der Waals surface area (Å²) < 4.78 is 26.1. The van der Waals surface area contributed by atoms with Gasteiger partial charge in [-0.2, -0.15) is 5.26 Å². The molecule has 2 atom stereocenters. The van der Waals surface area contributed by atoms with Gasteiger partial charge in [0.2, 0.25) is 10.0 Å². The van der Waals surface area contributed by atoms with Crippen molar-refractivity contribution in [3.05, 3.63) is 35.9 Å². The highest BCUT2D eigenvalue weighted by molar-refractivity contribution is 7.89. The maximum absolute atomic E-state index is 12.3. The topological polar surface area (TPSA) is 61.2 Å². The van der Waals surface area contributed by atoms with E-state index in [2.05, 4.69) is 19.1 Å². The molecule has 0 unspecified atom stereocenters. The Balaban J connectivity index is 1.99. The summed E-state index contributed by atoms with van der Waals surface area (Å²) in [5.41, 5.74) is 1.30. The van der Waals surface area contributed by atoms with E-state index < -0.39 is 10.0 Å². The van der Waals surface area contributed by atoms with Gasteiger partial charge in [-0.3, -0.25) is 0 Å². The third-order valence-corrected chi connectivity index (χ3v) is 6.10. The summed E-state index contributed by atoms with van der Waals surface area (Å²) in [6.45, 7) is 3.28. The van der Waals surface area contributed by atoms with Gasteiger partial charge in [0, 0.05) is 19.5 Å². The van der Waals surface area contributed by atoms with Crippen LogP contribution >= 0.6 is 0 Å². The molecule has 2 rings (SSSR count). The zero-order chi connectivity index (χ0) is 15.3. The molecule has 1 fully saturated rings. The Labute approximate surface area is 127 Å². The number of rotatable bonds is 5. The fourth-order valence-corrected chi connectivity index (χ4v) is 4.63. The van der Waals surface area contributed by atoms with Crippen molar-refractivity contribution in [1.82, 2.24) is 4.31 Å². The van der Waals surface area contributed by atoms with Crippen LogP contribution in [0.4, 0.5) is 0 Å². The number of nitriles is 1. The molecule has 0 amide bonds. The van der Waals surface area contributed by atoms with Crippen molar-refractivity contribution >= 4 is 10.0 Å². The molecule has 1 aromatic rings. The summed E-state index contributed by atoms with van der Waals surface area (Å²) in [5, 5.41) is 8.52. The predicted molar refractivity (Wildman–Crippen MR) is 83.2 cm³/mol. The van der Waals surface area contributed by atoms with Gasteiger partial charge in [0.25, 0.3) is 0 Å². The van der Waals surface area contributed by atoms with Gasteiger partial charge in [0.15, 0.2) is 0 Å². The lowest BCUT2D eigenvalue weighted by atomic mass is 9.82. The summed E-state index contributed by atoms with van der Waals surface area (Å²) in [7, 11) is -3.21. The molecular weight excluding hydrogens is 284 g/mol. The fraction of sp³-hybridized carbons (Fsp3) is 0.562. The van der Waals surface area contributed by atoms with Gasteiger partial charge < -0.3 is 0 Å². The van der Waals surface area contributed by atoms with Crippen LogP contribution in [0.25, 0.3) is 0 Å². The van der Waals surface area contributed by atoms with Crippen molar-refractivity contribution in [2.24, 2.45) is 5.92 Å². The minimum atomic E-state index is -3.21. The molecule has 1 aromatic carbocycles. The van der Waals surface area contributed by atoms with Crippen molar-refractivity contribution in [1.29, 1.82) is 5.26 Å². The molecule has 1 aliphatic rings. The molecule has 0 aliphatic carbocycles. The molecule has 1 saturated heterocycles. The second-order valence-electron chi connectivity index (χ2n) is 5.72. The molecule has 114 valence electrons. The van der Waals surface area contributed by atoms with Crippen molar-refractivity contribution in [3.8, 4) is 6.07 Å². The standard InChI is InChI=1S/C16H22N2O2S/c1-14-13-18(21(19,20)12-6-5-10-17)11-9-16(14)15-7-3-2-4-8-15/h2-4,7-8,14,16H,5-6,9,11-13H2,1H3/t14-,16+/m1/s1. The third-order valence-electron chi connectivity index (χ3n) is 4.18. The van der Waals surface area contributed by atoms with E-state index >= 15 is 0 Å². The number of hydrogen-bond donors (Lipinski definition) is 0. The summed E-state index contributed by atoms with van der Waals surface area (Å²) >= 11 is 0. The Morgan fingerprint density at radius 3 is 2.67 bits per heavy atom. The van der Waals surface area contributed by atoms with Crippen molar-refractivity contribution < 1.29 is 8.42 Å². The monoisotopic (exact) mass is 306 g/mol. The summed E-state index contributed by atoms with van der Waals surface area (Å²) in [4.78, 5) is 0. The normalized spacial score (nSPS) is 23.6. The smallest absolute Gasteiger partial charge is 0.212 e. The molecule has 0 aromatic heterocycles. The predicted octanol–water partition coefficient (Wildman–Crippen LogP) is 2.75. The molecule has 21 heavy (non-hydrogen) atoms. The molecule has 5 heteroatoms. The first-order valence-corrected chi connectivity index (χ1v) is 9.05. The largest absolute Gasteiger partial charge is 0.214 e. The third kappa shape index (κ3) is 4.05. The van der Waals surface area contributed by atoms with Gasteiger partial charge in [0.1, 0.15) is 0 Å². The van der Waals surface area contributed by atoms with Crippen molar-refractivity contribution in [2.45, 2.75) is 32.1 Å². The van der Waals surface area contributed by atoms with Crippen LogP contribution in [-0.4, -0.2) is 31.6 Å². The minimum absolute atomic E-state index is 0.0866. The summed E-state index contributed by atoms with van der Waals surface area (Å²) in [6.07, 6.45) is 1.59. The Kier molecular flexibility index (Phi) is 5.38. The Morgan fingerprint density at radius 2 is 2.05 bits per heavy atom. The zero-order valence-corrected chi connectivity index (χ0v) is 13.2. The molecule has 0 saturated carbocycles. The van der Waals surface area contributed by atoms with Crippen molar-refractivity contribution in [2.75, 3.05) is 18.8 Å². The molecular formula is C16H22N2O2S. The quantitative estimate of drug-likeness (QED) is 0.786. The summed E-state index contributed by atoms with van der Waals surface area (Å²) in [6, 6.07) is 12.3. The van der Waals surface area contributed by atoms with E-state index in [1.54, 1.807) is 4.31 Å². The molecule has 0 spiro atoms. The van der Waals surface area contributed by atoms with Gasteiger partial charge in [-0.25, -0.2) is 12.7 Å². The van der Waals surface area contributed by atoms with Crippen LogP contribution in [0.15, 0.2) is 30.3 Å². The highest BCUT2D eigenvalue weighted by Crippen LogP contribution is 2.33. The maximum atomic E-state index is 12.3. The number of nitrogens with zero attached hydrogens (tertiary/aromatic N) is 2. The van der Waals surface area contributed by atoms with Gasteiger partial charge in [-0.1, -0.05) is 37.3 Å². The molecule has 1 aliphatic heterocycles. The van der Waals surface area contributed by atoms with E-state index in [4.69, 9.17) is 5.26 Å². The fourth-order valence-electron chi connectivity index (χ4n) is 3.02. The average molecular weight is 306 g/mol. The van der Waals surface area contributed by atoms with Gasteiger partial charge in [-0.05, 0) is 30.2 Å². The molecule has 1 heterocycles. The van der Waals surface area contributed by atoms with Crippen LogP contribution in [0.3, 0.4) is 0 Å². The number of hydrogen-bond acceptors (Lipinski definition) is 3. The average Bonchev–Trinajstić information content (AvgIpc) is 2.48. The number of unbranched alkanes of at least 4 members (excludes halogenated alkanes) is 1. The zero-order valence-electron chi connectivity index (χ0n) is 12.4. The highest BCUT2D eigenvalue weighted by atomic mass is 32.2. The highest BCUT2D eigenvalue weighted by Gasteiger charge is 2.32.